The summed E-state index contributed by atoms with van der Waals surface area (Å²) in [6.07, 6.45) is 4.72. The first-order valence-electron chi connectivity index (χ1n) is 8.75. The van der Waals surface area contributed by atoms with Crippen LogP contribution in [0.1, 0.15) is 31.0 Å². The fraction of sp³-hybridized carbons (Fsp3) is 0.750. The Morgan fingerprint density at radius 3 is 2.84 bits per heavy atom. The Balaban J connectivity index is 1.48. The molecule has 0 spiro atoms. The average Bonchev–Trinajstić information content (AvgIpc) is 3.31. The molecule has 0 bridgehead atoms. The van der Waals surface area contributed by atoms with Gasteiger partial charge in [0.2, 0.25) is 17.7 Å². The van der Waals surface area contributed by atoms with Crippen LogP contribution in [0.25, 0.3) is 0 Å². The Labute approximate surface area is 151 Å². The van der Waals surface area contributed by atoms with Crippen molar-refractivity contribution in [2.24, 2.45) is 11.8 Å². The standard InChI is InChI=1S/C16H25N5O3S/c1-25-10-13-19-14(24-20-13)9-18-15(22)11-6-12(8-17-7-11)16(23)21-4-2-3-5-21/h11-12,17H,2-10H2,1H3,(H,18,22)/t11-,12+/m1/s1. The molecular weight excluding hydrogens is 342 g/mol. The van der Waals surface area contributed by atoms with Crippen molar-refractivity contribution in [3.63, 3.8) is 0 Å². The highest BCUT2D eigenvalue weighted by atomic mass is 32.2. The Morgan fingerprint density at radius 2 is 2.08 bits per heavy atom. The highest BCUT2D eigenvalue weighted by Crippen LogP contribution is 2.21. The first-order valence-corrected chi connectivity index (χ1v) is 10.1. The number of carbonyl (C=O) groups excluding carboxylic acids is 2. The van der Waals surface area contributed by atoms with Gasteiger partial charge in [-0.15, -0.1) is 0 Å². The molecule has 2 amide bonds. The summed E-state index contributed by atoms with van der Waals surface area (Å²) in [6.45, 7) is 3.17. The molecule has 2 saturated heterocycles. The number of rotatable bonds is 6. The summed E-state index contributed by atoms with van der Waals surface area (Å²) in [5.41, 5.74) is 0. The van der Waals surface area contributed by atoms with Crippen molar-refractivity contribution in [2.75, 3.05) is 32.4 Å². The molecule has 2 fully saturated rings. The van der Waals surface area contributed by atoms with E-state index >= 15 is 0 Å². The maximum atomic E-state index is 12.5. The SMILES string of the molecule is CSCc1noc(CNC(=O)[C@H]2CNC[C@@H](C(=O)N3CCCC3)C2)n1. The number of nitrogens with one attached hydrogen (secondary N) is 2. The van der Waals surface area contributed by atoms with Crippen LogP contribution in [-0.2, 0) is 21.9 Å². The molecular formula is C16H25N5O3S. The Morgan fingerprint density at radius 1 is 1.32 bits per heavy atom. The van der Waals surface area contributed by atoms with Gasteiger partial charge in [0, 0.05) is 26.2 Å². The fourth-order valence-electron chi connectivity index (χ4n) is 3.38. The van der Waals surface area contributed by atoms with Gasteiger partial charge in [0.05, 0.1) is 24.1 Å². The van der Waals surface area contributed by atoms with Crippen molar-refractivity contribution < 1.29 is 14.1 Å². The minimum atomic E-state index is -0.209. The van der Waals surface area contributed by atoms with Gasteiger partial charge in [-0.2, -0.15) is 16.7 Å². The summed E-state index contributed by atoms with van der Waals surface area (Å²) < 4.78 is 5.12. The second kappa shape index (κ2) is 8.66. The lowest BCUT2D eigenvalue weighted by Crippen LogP contribution is -2.48. The number of thioether (sulfide) groups is 1. The second-order valence-corrected chi connectivity index (χ2v) is 7.44. The van der Waals surface area contributed by atoms with Gasteiger partial charge < -0.3 is 20.1 Å². The van der Waals surface area contributed by atoms with Gasteiger partial charge in [0.1, 0.15) is 0 Å². The Hall–Kier alpha value is -1.61. The lowest BCUT2D eigenvalue weighted by Gasteiger charge is -2.31. The lowest BCUT2D eigenvalue weighted by atomic mass is 9.89. The third-order valence-corrected chi connectivity index (χ3v) is 5.23. The summed E-state index contributed by atoms with van der Waals surface area (Å²) in [4.78, 5) is 31.1. The van der Waals surface area contributed by atoms with Gasteiger partial charge in [0.15, 0.2) is 5.82 Å². The van der Waals surface area contributed by atoms with Crippen LogP contribution in [0.15, 0.2) is 4.52 Å². The van der Waals surface area contributed by atoms with Crippen molar-refractivity contribution in [3.05, 3.63) is 11.7 Å². The van der Waals surface area contributed by atoms with E-state index in [1.165, 1.54) is 0 Å². The molecule has 0 radical (unpaired) electrons. The van der Waals surface area contributed by atoms with Crippen LogP contribution in [0, 0.1) is 11.8 Å². The number of hydrogen-bond donors (Lipinski definition) is 2. The van der Waals surface area contributed by atoms with Crippen molar-refractivity contribution in [3.8, 4) is 0 Å². The van der Waals surface area contributed by atoms with Gasteiger partial charge >= 0.3 is 0 Å². The Kier molecular flexibility index (Phi) is 6.30. The van der Waals surface area contributed by atoms with E-state index < -0.39 is 0 Å². The van der Waals surface area contributed by atoms with Crippen LogP contribution < -0.4 is 10.6 Å². The molecule has 0 aliphatic carbocycles. The summed E-state index contributed by atoms with van der Waals surface area (Å²) in [5.74, 6) is 1.51. The molecule has 0 unspecified atom stereocenters. The lowest BCUT2D eigenvalue weighted by molar-refractivity contribution is -0.136. The first kappa shape index (κ1) is 18.2. The normalized spacial score (nSPS) is 23.6. The predicted octanol–water partition coefficient (Wildman–Crippen LogP) is 0.397. The van der Waals surface area contributed by atoms with Crippen LogP contribution >= 0.6 is 11.8 Å². The average molecular weight is 367 g/mol. The van der Waals surface area contributed by atoms with E-state index in [-0.39, 0.29) is 30.2 Å². The number of likely N-dealkylation sites (tertiary alicyclic amines) is 1. The topological polar surface area (TPSA) is 100 Å². The van der Waals surface area contributed by atoms with Gasteiger partial charge in [0.25, 0.3) is 0 Å². The number of aromatic nitrogens is 2. The number of hydrogen-bond acceptors (Lipinski definition) is 7. The maximum Gasteiger partial charge on any atom is 0.246 e. The molecule has 0 saturated carbocycles. The number of carbonyl (C=O) groups is 2. The molecule has 2 N–H and O–H groups in total. The highest BCUT2D eigenvalue weighted by molar-refractivity contribution is 7.97. The largest absolute Gasteiger partial charge is 0.347 e. The fourth-order valence-corrected chi connectivity index (χ4v) is 3.76. The van der Waals surface area contributed by atoms with E-state index in [2.05, 4.69) is 20.8 Å². The minimum absolute atomic E-state index is 0.0731. The van der Waals surface area contributed by atoms with Crippen molar-refractivity contribution >= 4 is 23.6 Å². The van der Waals surface area contributed by atoms with Gasteiger partial charge in [-0.1, -0.05) is 5.16 Å². The van der Waals surface area contributed by atoms with Crippen LogP contribution in [0.3, 0.4) is 0 Å². The van der Waals surface area contributed by atoms with Crippen LogP contribution in [0.4, 0.5) is 0 Å². The van der Waals surface area contributed by atoms with E-state index in [1.807, 2.05) is 11.2 Å². The number of piperidine rings is 1. The molecule has 9 heteroatoms. The summed E-state index contributed by atoms with van der Waals surface area (Å²) >= 11 is 1.61. The van der Waals surface area contributed by atoms with Crippen LogP contribution in [-0.4, -0.2) is 59.3 Å². The quantitative estimate of drug-likeness (QED) is 0.750. The molecule has 138 valence electrons. The number of nitrogens with zero attached hydrogens (tertiary/aromatic N) is 3. The van der Waals surface area contributed by atoms with E-state index in [9.17, 15) is 9.59 Å². The van der Waals surface area contributed by atoms with Crippen molar-refractivity contribution in [2.45, 2.75) is 31.6 Å². The molecule has 3 heterocycles. The van der Waals surface area contributed by atoms with Crippen molar-refractivity contribution in [1.29, 1.82) is 0 Å². The predicted molar refractivity (Wildman–Crippen MR) is 93.6 cm³/mol. The molecule has 2 aliphatic heterocycles. The maximum absolute atomic E-state index is 12.5. The number of amides is 2. The van der Waals surface area contributed by atoms with Gasteiger partial charge in [-0.3, -0.25) is 9.59 Å². The van der Waals surface area contributed by atoms with E-state index in [1.54, 1.807) is 11.8 Å². The van der Waals surface area contributed by atoms with E-state index in [0.717, 1.165) is 25.9 Å². The molecule has 3 rings (SSSR count). The molecule has 2 aliphatic rings. The monoisotopic (exact) mass is 367 g/mol. The molecule has 1 aromatic heterocycles. The van der Waals surface area contributed by atoms with Crippen LogP contribution in [0.2, 0.25) is 0 Å². The van der Waals surface area contributed by atoms with E-state index in [0.29, 0.717) is 37.0 Å². The summed E-state index contributed by atoms with van der Waals surface area (Å²) in [5, 5.41) is 9.93. The highest BCUT2D eigenvalue weighted by Gasteiger charge is 2.34. The van der Waals surface area contributed by atoms with Crippen LogP contribution in [0.5, 0.6) is 0 Å². The molecule has 2 atom stereocenters. The molecule has 0 aromatic carbocycles. The van der Waals surface area contributed by atoms with Gasteiger partial charge in [-0.05, 0) is 25.5 Å². The first-order chi connectivity index (χ1) is 12.2. The van der Waals surface area contributed by atoms with Gasteiger partial charge in [-0.25, -0.2) is 0 Å². The minimum Gasteiger partial charge on any atom is -0.347 e. The zero-order valence-corrected chi connectivity index (χ0v) is 15.3. The zero-order valence-electron chi connectivity index (χ0n) is 14.5. The molecule has 8 nitrogen and oxygen atoms in total. The zero-order chi connectivity index (χ0) is 17.6. The summed E-state index contributed by atoms with van der Waals surface area (Å²) in [6, 6.07) is 0. The third kappa shape index (κ3) is 4.72. The Bertz CT molecular complexity index is 602. The third-order valence-electron chi connectivity index (χ3n) is 4.69. The molecule has 1 aromatic rings. The smallest absolute Gasteiger partial charge is 0.246 e. The second-order valence-electron chi connectivity index (χ2n) is 6.58. The molecule has 25 heavy (non-hydrogen) atoms. The van der Waals surface area contributed by atoms with E-state index in [4.69, 9.17) is 4.52 Å². The van der Waals surface area contributed by atoms with Crippen molar-refractivity contribution in [1.82, 2.24) is 25.7 Å². The summed E-state index contributed by atoms with van der Waals surface area (Å²) in [7, 11) is 0.